The Morgan fingerprint density at radius 2 is 2.24 bits per heavy atom. The minimum absolute atomic E-state index is 0.154. The fourth-order valence-electron chi connectivity index (χ4n) is 2.44. The number of hydrogen-bond acceptors (Lipinski definition) is 3. The van der Waals surface area contributed by atoms with E-state index in [0.717, 1.165) is 30.8 Å². The molecule has 0 aliphatic rings. The molecule has 0 radical (unpaired) electrons. The molecule has 2 aromatic rings. The summed E-state index contributed by atoms with van der Waals surface area (Å²) in [5.41, 5.74) is 1.03. The van der Waals surface area contributed by atoms with E-state index in [0.29, 0.717) is 0 Å². The Balaban J connectivity index is 2.12. The molecule has 0 aliphatic carbocycles. The summed E-state index contributed by atoms with van der Waals surface area (Å²) >= 11 is 0. The second kappa shape index (κ2) is 7.22. The SMILES string of the molecule is CCNC(CCc1nccn1C)c1ccc(F)c(OC)c1. The maximum absolute atomic E-state index is 13.5. The van der Waals surface area contributed by atoms with Crippen molar-refractivity contribution in [1.29, 1.82) is 0 Å². The van der Waals surface area contributed by atoms with Crippen LogP contribution < -0.4 is 10.1 Å². The van der Waals surface area contributed by atoms with Gasteiger partial charge in [0, 0.05) is 31.9 Å². The lowest BCUT2D eigenvalue weighted by Gasteiger charge is -2.19. The minimum atomic E-state index is -0.333. The van der Waals surface area contributed by atoms with E-state index in [2.05, 4.69) is 17.2 Å². The average molecular weight is 291 g/mol. The fourth-order valence-corrected chi connectivity index (χ4v) is 2.44. The molecular formula is C16H22FN3O. The molecule has 1 aromatic carbocycles. The maximum atomic E-state index is 13.5. The van der Waals surface area contributed by atoms with Gasteiger partial charge in [-0.15, -0.1) is 0 Å². The van der Waals surface area contributed by atoms with Crippen molar-refractivity contribution in [2.24, 2.45) is 7.05 Å². The summed E-state index contributed by atoms with van der Waals surface area (Å²) in [7, 11) is 3.48. The highest BCUT2D eigenvalue weighted by Crippen LogP contribution is 2.25. The first-order valence-corrected chi connectivity index (χ1v) is 7.18. The Morgan fingerprint density at radius 1 is 1.43 bits per heavy atom. The molecule has 2 rings (SSSR count). The van der Waals surface area contributed by atoms with Crippen LogP contribution in [0, 0.1) is 5.82 Å². The molecule has 0 saturated heterocycles. The molecular weight excluding hydrogens is 269 g/mol. The van der Waals surface area contributed by atoms with Crippen LogP contribution in [-0.4, -0.2) is 23.2 Å². The van der Waals surface area contributed by atoms with Crippen LogP contribution in [0.2, 0.25) is 0 Å². The van der Waals surface area contributed by atoms with Crippen LogP contribution >= 0.6 is 0 Å². The molecule has 21 heavy (non-hydrogen) atoms. The summed E-state index contributed by atoms with van der Waals surface area (Å²) in [5.74, 6) is 1.000. The van der Waals surface area contributed by atoms with Gasteiger partial charge in [-0.05, 0) is 30.7 Å². The highest BCUT2D eigenvalue weighted by atomic mass is 19.1. The summed E-state index contributed by atoms with van der Waals surface area (Å²) in [6.07, 6.45) is 5.51. The summed E-state index contributed by atoms with van der Waals surface area (Å²) in [4.78, 5) is 4.34. The zero-order valence-electron chi connectivity index (χ0n) is 12.8. The molecule has 114 valence electrons. The summed E-state index contributed by atoms with van der Waals surface area (Å²) in [5, 5.41) is 3.44. The Labute approximate surface area is 125 Å². The lowest BCUT2D eigenvalue weighted by molar-refractivity contribution is 0.384. The predicted octanol–water partition coefficient (Wildman–Crippen LogP) is 2.85. The highest BCUT2D eigenvalue weighted by molar-refractivity contribution is 5.32. The maximum Gasteiger partial charge on any atom is 0.165 e. The number of nitrogens with one attached hydrogen (secondary N) is 1. The number of halogens is 1. The monoisotopic (exact) mass is 291 g/mol. The van der Waals surface area contributed by atoms with Gasteiger partial charge in [0.05, 0.1) is 7.11 Å². The zero-order valence-corrected chi connectivity index (χ0v) is 12.8. The van der Waals surface area contributed by atoms with Gasteiger partial charge < -0.3 is 14.6 Å². The molecule has 0 bridgehead atoms. The fraction of sp³-hybridized carbons (Fsp3) is 0.438. The van der Waals surface area contributed by atoms with Gasteiger partial charge in [0.2, 0.25) is 0 Å². The van der Waals surface area contributed by atoms with Crippen LogP contribution in [0.4, 0.5) is 4.39 Å². The highest BCUT2D eigenvalue weighted by Gasteiger charge is 2.14. The zero-order chi connectivity index (χ0) is 15.2. The summed E-state index contributed by atoms with van der Waals surface area (Å²) in [6.45, 7) is 2.92. The Bertz CT molecular complexity index is 583. The molecule has 5 heteroatoms. The number of benzene rings is 1. The number of hydrogen-bond donors (Lipinski definition) is 1. The van der Waals surface area contributed by atoms with Crippen LogP contribution in [0.1, 0.15) is 30.8 Å². The molecule has 4 nitrogen and oxygen atoms in total. The molecule has 1 aromatic heterocycles. The van der Waals surface area contributed by atoms with Crippen LogP contribution in [0.5, 0.6) is 5.75 Å². The largest absolute Gasteiger partial charge is 0.494 e. The van der Waals surface area contributed by atoms with Crippen molar-refractivity contribution in [2.45, 2.75) is 25.8 Å². The third-order valence-corrected chi connectivity index (χ3v) is 3.61. The van der Waals surface area contributed by atoms with Gasteiger partial charge in [0.25, 0.3) is 0 Å². The van der Waals surface area contributed by atoms with E-state index in [4.69, 9.17) is 4.74 Å². The molecule has 0 amide bonds. The quantitative estimate of drug-likeness (QED) is 0.852. The van der Waals surface area contributed by atoms with Gasteiger partial charge in [-0.2, -0.15) is 0 Å². The molecule has 1 heterocycles. The minimum Gasteiger partial charge on any atom is -0.494 e. The number of ether oxygens (including phenoxy) is 1. The van der Waals surface area contributed by atoms with E-state index < -0.39 is 0 Å². The van der Waals surface area contributed by atoms with Crippen molar-refractivity contribution in [2.75, 3.05) is 13.7 Å². The third-order valence-electron chi connectivity index (χ3n) is 3.61. The predicted molar refractivity (Wildman–Crippen MR) is 80.9 cm³/mol. The van der Waals surface area contributed by atoms with Crippen molar-refractivity contribution in [3.05, 3.63) is 47.8 Å². The first-order valence-electron chi connectivity index (χ1n) is 7.18. The molecule has 0 fully saturated rings. The lowest BCUT2D eigenvalue weighted by Crippen LogP contribution is -2.22. The number of aryl methyl sites for hydroxylation is 2. The van der Waals surface area contributed by atoms with Crippen molar-refractivity contribution in [1.82, 2.24) is 14.9 Å². The molecule has 1 atom stereocenters. The van der Waals surface area contributed by atoms with Crippen molar-refractivity contribution < 1.29 is 9.13 Å². The topological polar surface area (TPSA) is 39.1 Å². The third kappa shape index (κ3) is 3.82. The summed E-state index contributed by atoms with van der Waals surface area (Å²) in [6, 6.07) is 5.19. The van der Waals surface area contributed by atoms with Crippen LogP contribution in [0.3, 0.4) is 0 Å². The first-order chi connectivity index (χ1) is 10.2. The Hall–Kier alpha value is -1.88. The summed E-state index contributed by atoms with van der Waals surface area (Å²) < 4.78 is 20.6. The number of methoxy groups -OCH3 is 1. The number of imidazole rings is 1. The van der Waals surface area contributed by atoms with Crippen molar-refractivity contribution in [3.8, 4) is 5.75 Å². The smallest absolute Gasteiger partial charge is 0.165 e. The van der Waals surface area contributed by atoms with Crippen LogP contribution in [0.15, 0.2) is 30.6 Å². The molecule has 0 spiro atoms. The van der Waals surface area contributed by atoms with Crippen molar-refractivity contribution >= 4 is 0 Å². The lowest BCUT2D eigenvalue weighted by atomic mass is 10.0. The Morgan fingerprint density at radius 3 is 2.86 bits per heavy atom. The number of nitrogens with zero attached hydrogens (tertiary/aromatic N) is 2. The normalized spacial score (nSPS) is 12.4. The van der Waals surface area contributed by atoms with Crippen LogP contribution in [0.25, 0.3) is 0 Å². The second-order valence-electron chi connectivity index (χ2n) is 5.00. The molecule has 1 unspecified atom stereocenters. The van der Waals surface area contributed by atoms with E-state index >= 15 is 0 Å². The van der Waals surface area contributed by atoms with Crippen LogP contribution in [-0.2, 0) is 13.5 Å². The Kier molecular flexibility index (Phi) is 5.33. The van der Waals surface area contributed by atoms with E-state index in [-0.39, 0.29) is 17.6 Å². The second-order valence-corrected chi connectivity index (χ2v) is 5.00. The average Bonchev–Trinajstić information content (AvgIpc) is 2.89. The number of rotatable bonds is 7. The van der Waals surface area contributed by atoms with E-state index in [1.807, 2.05) is 23.9 Å². The molecule has 1 N–H and O–H groups in total. The van der Waals surface area contributed by atoms with E-state index in [9.17, 15) is 4.39 Å². The van der Waals surface area contributed by atoms with Crippen molar-refractivity contribution in [3.63, 3.8) is 0 Å². The van der Waals surface area contributed by atoms with Gasteiger partial charge >= 0.3 is 0 Å². The molecule has 0 saturated carbocycles. The number of aromatic nitrogens is 2. The van der Waals surface area contributed by atoms with E-state index in [1.54, 1.807) is 12.3 Å². The van der Waals surface area contributed by atoms with Gasteiger partial charge in [-0.1, -0.05) is 13.0 Å². The van der Waals surface area contributed by atoms with Gasteiger partial charge in [-0.3, -0.25) is 0 Å². The van der Waals surface area contributed by atoms with Gasteiger partial charge in [0.15, 0.2) is 11.6 Å². The van der Waals surface area contributed by atoms with Gasteiger partial charge in [0.1, 0.15) is 5.82 Å². The van der Waals surface area contributed by atoms with E-state index in [1.165, 1.54) is 13.2 Å². The molecule has 0 aliphatic heterocycles. The first kappa shape index (κ1) is 15.5. The van der Waals surface area contributed by atoms with Gasteiger partial charge in [-0.25, -0.2) is 9.37 Å². The standard InChI is InChI=1S/C16H22FN3O/c1-4-18-14(7-8-16-19-9-10-20(16)2)12-5-6-13(17)15(11-12)21-3/h5-6,9-11,14,18H,4,7-8H2,1-3H3.